The highest BCUT2D eigenvalue weighted by molar-refractivity contribution is 6.32. The second kappa shape index (κ2) is 9.14. The maximum atomic E-state index is 12.6. The van der Waals surface area contributed by atoms with E-state index in [1.165, 1.54) is 13.2 Å². The summed E-state index contributed by atoms with van der Waals surface area (Å²) in [4.78, 5) is 23.1. The van der Waals surface area contributed by atoms with Gasteiger partial charge in [0.2, 0.25) is 0 Å². The van der Waals surface area contributed by atoms with E-state index < -0.39 is 12.6 Å². The van der Waals surface area contributed by atoms with E-state index in [9.17, 15) is 9.59 Å². The molecule has 0 radical (unpaired) electrons. The van der Waals surface area contributed by atoms with Crippen LogP contribution < -0.4 is 19.5 Å². The molecule has 144 valence electrons. The number of benzene rings is 2. The van der Waals surface area contributed by atoms with E-state index in [2.05, 4.69) is 5.32 Å². The van der Waals surface area contributed by atoms with Crippen LogP contribution in [0.3, 0.4) is 0 Å². The second-order valence-electron chi connectivity index (χ2n) is 5.54. The molecule has 2 rings (SSSR count). The van der Waals surface area contributed by atoms with Crippen LogP contribution in [0.2, 0.25) is 5.02 Å². The van der Waals surface area contributed by atoms with Crippen molar-refractivity contribution in [2.24, 2.45) is 0 Å². The summed E-state index contributed by atoms with van der Waals surface area (Å²) < 4.78 is 15.8. The van der Waals surface area contributed by atoms with Gasteiger partial charge in [-0.15, -0.1) is 0 Å². The summed E-state index contributed by atoms with van der Waals surface area (Å²) in [6.07, 6.45) is 0. The molecule has 1 amide bonds. The number of carbonyl (C=O) groups excluding carboxylic acids is 1. The van der Waals surface area contributed by atoms with Crippen LogP contribution in [0, 0.1) is 6.92 Å². The molecule has 0 fully saturated rings. The Labute approximate surface area is 161 Å². The summed E-state index contributed by atoms with van der Waals surface area (Å²) in [7, 11) is 1.47. The first kappa shape index (κ1) is 20.4. The zero-order chi connectivity index (χ0) is 20.0. The van der Waals surface area contributed by atoms with Gasteiger partial charge < -0.3 is 24.6 Å². The average Bonchev–Trinajstić information content (AvgIpc) is 2.63. The van der Waals surface area contributed by atoms with Gasteiger partial charge in [0.25, 0.3) is 5.91 Å². The molecule has 2 N–H and O–H groups in total. The number of aliphatic carboxylic acids is 1. The summed E-state index contributed by atoms with van der Waals surface area (Å²) in [5, 5.41) is 11.7. The number of hydrogen-bond acceptors (Lipinski definition) is 5. The zero-order valence-corrected chi connectivity index (χ0v) is 15.9. The van der Waals surface area contributed by atoms with Crippen LogP contribution in [0.5, 0.6) is 17.2 Å². The summed E-state index contributed by atoms with van der Waals surface area (Å²) in [5.74, 6) is -0.288. The van der Waals surface area contributed by atoms with Crippen LogP contribution in [0.25, 0.3) is 0 Å². The number of ether oxygens (including phenoxy) is 3. The van der Waals surface area contributed by atoms with Crippen molar-refractivity contribution in [3.8, 4) is 17.2 Å². The molecule has 0 spiro atoms. The van der Waals surface area contributed by atoms with Crippen molar-refractivity contribution >= 4 is 29.2 Å². The van der Waals surface area contributed by atoms with Gasteiger partial charge in [0, 0.05) is 11.3 Å². The number of rotatable bonds is 8. The lowest BCUT2D eigenvalue weighted by atomic mass is 10.1. The minimum Gasteiger partial charge on any atom is -0.493 e. The fourth-order valence-electron chi connectivity index (χ4n) is 2.34. The van der Waals surface area contributed by atoms with E-state index in [-0.39, 0.29) is 10.9 Å². The third-order valence-electron chi connectivity index (χ3n) is 3.59. The Kier molecular flexibility index (Phi) is 6.90. The molecule has 8 heteroatoms. The van der Waals surface area contributed by atoms with E-state index in [0.29, 0.717) is 35.1 Å². The highest BCUT2D eigenvalue weighted by Crippen LogP contribution is 2.36. The van der Waals surface area contributed by atoms with Gasteiger partial charge in [-0.1, -0.05) is 11.6 Å². The van der Waals surface area contributed by atoms with Crippen molar-refractivity contribution in [2.75, 3.05) is 25.6 Å². The standard InChI is InChI=1S/C19H20ClNO6/c1-4-26-18-14(20)8-12(9-16(18)25-3)19(24)21-15-6-5-13(7-11(15)2)27-10-17(22)23/h5-9H,4,10H2,1-3H3,(H,21,24)(H,22,23). The molecule has 0 unspecified atom stereocenters. The number of aryl methyl sites for hydroxylation is 1. The maximum Gasteiger partial charge on any atom is 0.341 e. The molecule has 27 heavy (non-hydrogen) atoms. The van der Waals surface area contributed by atoms with Crippen molar-refractivity contribution in [3.63, 3.8) is 0 Å². The smallest absolute Gasteiger partial charge is 0.341 e. The number of halogens is 1. The van der Waals surface area contributed by atoms with Crippen molar-refractivity contribution in [2.45, 2.75) is 13.8 Å². The predicted molar refractivity (Wildman–Crippen MR) is 101 cm³/mol. The van der Waals surface area contributed by atoms with Gasteiger partial charge in [-0.05, 0) is 49.7 Å². The van der Waals surface area contributed by atoms with Gasteiger partial charge >= 0.3 is 5.97 Å². The molecular weight excluding hydrogens is 374 g/mol. The summed E-state index contributed by atoms with van der Waals surface area (Å²) in [6.45, 7) is 3.57. The van der Waals surface area contributed by atoms with Gasteiger partial charge in [0.05, 0.1) is 18.7 Å². The lowest BCUT2D eigenvalue weighted by molar-refractivity contribution is -0.139. The Hall–Kier alpha value is -2.93. The van der Waals surface area contributed by atoms with Crippen LogP contribution in [-0.2, 0) is 4.79 Å². The van der Waals surface area contributed by atoms with E-state index in [1.54, 1.807) is 31.2 Å². The molecule has 7 nitrogen and oxygen atoms in total. The summed E-state index contributed by atoms with van der Waals surface area (Å²) in [5.41, 5.74) is 1.59. The zero-order valence-electron chi connectivity index (χ0n) is 15.2. The van der Waals surface area contributed by atoms with Crippen LogP contribution in [0.4, 0.5) is 5.69 Å². The van der Waals surface area contributed by atoms with E-state index in [4.69, 9.17) is 30.9 Å². The highest BCUT2D eigenvalue weighted by atomic mass is 35.5. The number of carbonyl (C=O) groups is 2. The first-order chi connectivity index (χ1) is 12.8. The molecular formula is C19H20ClNO6. The van der Waals surface area contributed by atoms with Crippen LogP contribution >= 0.6 is 11.6 Å². The lowest BCUT2D eigenvalue weighted by Crippen LogP contribution is -2.14. The Morgan fingerprint density at radius 3 is 2.52 bits per heavy atom. The van der Waals surface area contributed by atoms with Crippen LogP contribution in [0.15, 0.2) is 30.3 Å². The number of amides is 1. The minimum absolute atomic E-state index is 0.274. The average molecular weight is 394 g/mol. The Bertz CT molecular complexity index is 852. The Morgan fingerprint density at radius 1 is 1.19 bits per heavy atom. The molecule has 0 aliphatic heterocycles. The van der Waals surface area contributed by atoms with Gasteiger partial charge in [-0.2, -0.15) is 0 Å². The molecule has 0 aromatic heterocycles. The van der Waals surface area contributed by atoms with Crippen molar-refractivity contribution < 1.29 is 28.9 Å². The molecule has 0 heterocycles. The van der Waals surface area contributed by atoms with Crippen molar-refractivity contribution in [3.05, 3.63) is 46.5 Å². The first-order valence-corrected chi connectivity index (χ1v) is 8.50. The Balaban J connectivity index is 2.19. The molecule has 2 aromatic rings. The number of carboxylic acids is 1. The predicted octanol–water partition coefficient (Wildman–Crippen LogP) is 3.77. The number of nitrogens with one attached hydrogen (secondary N) is 1. The van der Waals surface area contributed by atoms with Crippen LogP contribution in [0.1, 0.15) is 22.8 Å². The maximum absolute atomic E-state index is 12.6. The highest BCUT2D eigenvalue weighted by Gasteiger charge is 2.16. The van der Waals surface area contributed by atoms with Crippen LogP contribution in [-0.4, -0.2) is 37.3 Å². The topological polar surface area (TPSA) is 94.1 Å². The first-order valence-electron chi connectivity index (χ1n) is 8.12. The van der Waals surface area contributed by atoms with Gasteiger partial charge in [-0.3, -0.25) is 4.79 Å². The molecule has 2 aromatic carbocycles. The largest absolute Gasteiger partial charge is 0.493 e. The van der Waals surface area contributed by atoms with E-state index in [1.807, 2.05) is 6.92 Å². The fourth-order valence-corrected chi connectivity index (χ4v) is 2.61. The van der Waals surface area contributed by atoms with Gasteiger partial charge in [0.1, 0.15) is 5.75 Å². The second-order valence-corrected chi connectivity index (χ2v) is 5.94. The molecule has 0 aliphatic carbocycles. The molecule has 0 aliphatic rings. The molecule has 0 saturated carbocycles. The van der Waals surface area contributed by atoms with Crippen molar-refractivity contribution in [1.29, 1.82) is 0 Å². The number of hydrogen-bond donors (Lipinski definition) is 2. The van der Waals surface area contributed by atoms with Gasteiger partial charge in [-0.25, -0.2) is 4.79 Å². The third-order valence-corrected chi connectivity index (χ3v) is 3.87. The number of carboxylic acid groups (broad SMARTS) is 1. The third kappa shape index (κ3) is 5.27. The lowest BCUT2D eigenvalue weighted by Gasteiger charge is -2.14. The molecule has 0 bridgehead atoms. The molecule has 0 saturated heterocycles. The summed E-state index contributed by atoms with van der Waals surface area (Å²) >= 11 is 6.20. The summed E-state index contributed by atoms with van der Waals surface area (Å²) in [6, 6.07) is 7.91. The monoisotopic (exact) mass is 393 g/mol. The number of methoxy groups -OCH3 is 1. The normalized spacial score (nSPS) is 10.2. The van der Waals surface area contributed by atoms with E-state index in [0.717, 1.165) is 5.56 Å². The SMILES string of the molecule is CCOc1c(Cl)cc(C(=O)Nc2ccc(OCC(=O)O)cc2C)cc1OC. The quantitative estimate of drug-likeness (QED) is 0.709. The van der Waals surface area contributed by atoms with Gasteiger partial charge in [0.15, 0.2) is 18.1 Å². The fraction of sp³-hybridized carbons (Fsp3) is 0.263. The minimum atomic E-state index is -1.06. The Morgan fingerprint density at radius 2 is 1.93 bits per heavy atom. The van der Waals surface area contributed by atoms with E-state index >= 15 is 0 Å². The number of anilines is 1. The van der Waals surface area contributed by atoms with Crippen molar-refractivity contribution in [1.82, 2.24) is 0 Å². The molecule has 0 atom stereocenters.